The van der Waals surface area contributed by atoms with Crippen molar-refractivity contribution in [1.82, 2.24) is 14.5 Å². The normalized spacial score (nSPS) is 10.3. The number of nitrogens with zero attached hydrogens (tertiary/aromatic N) is 4. The molecule has 3 rings (SSSR count). The molecule has 0 bridgehead atoms. The van der Waals surface area contributed by atoms with Gasteiger partial charge in [-0.25, -0.2) is 9.97 Å². The average Bonchev–Trinajstić information content (AvgIpc) is 2.90. The molecule has 3 aromatic heterocycles. The lowest BCUT2D eigenvalue weighted by Gasteiger charge is -2.03. The van der Waals surface area contributed by atoms with Crippen molar-refractivity contribution in [2.75, 3.05) is 0 Å². The van der Waals surface area contributed by atoms with E-state index in [-0.39, 0.29) is 0 Å². The molecule has 0 unspecified atom stereocenters. The molecular formula is C14H8N4O. The second kappa shape index (κ2) is 4.35. The molecule has 0 N–H and O–H groups in total. The van der Waals surface area contributed by atoms with Gasteiger partial charge in [0.2, 0.25) is 0 Å². The van der Waals surface area contributed by atoms with Crippen LogP contribution >= 0.6 is 0 Å². The Morgan fingerprint density at radius 2 is 2.11 bits per heavy atom. The largest absolute Gasteiger partial charge is 0.298 e. The van der Waals surface area contributed by atoms with Gasteiger partial charge in [-0.15, -0.1) is 0 Å². The molecule has 0 saturated carbocycles. The lowest BCUT2D eigenvalue weighted by molar-refractivity contribution is 0.112. The molecule has 0 atom stereocenters. The first kappa shape index (κ1) is 11.1. The predicted octanol–water partition coefficient (Wildman–Crippen LogP) is 2.10. The van der Waals surface area contributed by atoms with Crippen molar-refractivity contribution < 1.29 is 4.79 Å². The van der Waals surface area contributed by atoms with Crippen molar-refractivity contribution in [2.45, 2.75) is 0 Å². The molecule has 0 spiro atoms. The van der Waals surface area contributed by atoms with Crippen LogP contribution in [0.1, 0.15) is 15.9 Å². The highest BCUT2D eigenvalue weighted by Crippen LogP contribution is 2.18. The third-order valence-corrected chi connectivity index (χ3v) is 2.81. The topological polar surface area (TPSA) is 71.6 Å². The Hall–Kier alpha value is -3.00. The number of carbonyl (C=O) groups is 1. The summed E-state index contributed by atoms with van der Waals surface area (Å²) in [6.45, 7) is 0. The molecular weight excluding hydrogens is 240 g/mol. The van der Waals surface area contributed by atoms with Crippen LogP contribution in [0.4, 0.5) is 0 Å². The van der Waals surface area contributed by atoms with Crippen molar-refractivity contribution in [3.63, 3.8) is 0 Å². The summed E-state index contributed by atoms with van der Waals surface area (Å²) >= 11 is 0. The number of hydrogen-bond acceptors (Lipinski definition) is 4. The van der Waals surface area contributed by atoms with Gasteiger partial charge in [-0.1, -0.05) is 0 Å². The van der Waals surface area contributed by atoms with Crippen molar-refractivity contribution >= 4 is 17.3 Å². The Balaban J connectivity index is 2.14. The van der Waals surface area contributed by atoms with E-state index in [9.17, 15) is 4.79 Å². The quantitative estimate of drug-likeness (QED) is 0.651. The van der Waals surface area contributed by atoms with Crippen LogP contribution in [0.3, 0.4) is 0 Å². The minimum absolute atomic E-state index is 0.511. The van der Waals surface area contributed by atoms with Gasteiger partial charge in [0, 0.05) is 29.5 Å². The predicted molar refractivity (Wildman–Crippen MR) is 69.0 cm³/mol. The molecule has 5 heteroatoms. The van der Waals surface area contributed by atoms with E-state index in [0.29, 0.717) is 16.9 Å². The van der Waals surface area contributed by atoms with Gasteiger partial charge < -0.3 is 0 Å². The van der Waals surface area contributed by atoms with Crippen molar-refractivity contribution in [3.05, 3.63) is 54.0 Å². The maximum atomic E-state index is 10.7. The van der Waals surface area contributed by atoms with E-state index < -0.39 is 0 Å². The van der Waals surface area contributed by atoms with E-state index in [0.717, 1.165) is 17.3 Å². The third-order valence-electron chi connectivity index (χ3n) is 2.81. The summed E-state index contributed by atoms with van der Waals surface area (Å²) in [4.78, 5) is 19.2. The number of hydrogen-bond donors (Lipinski definition) is 0. The zero-order valence-corrected chi connectivity index (χ0v) is 9.82. The van der Waals surface area contributed by atoms with Crippen LogP contribution < -0.4 is 0 Å². The molecule has 3 aromatic rings. The zero-order valence-electron chi connectivity index (χ0n) is 9.82. The Kier molecular flexibility index (Phi) is 2.54. The Labute approximate surface area is 108 Å². The average molecular weight is 248 g/mol. The fourth-order valence-corrected chi connectivity index (χ4v) is 1.88. The fraction of sp³-hybridized carbons (Fsp3) is 0. The molecule has 0 radical (unpaired) electrons. The lowest BCUT2D eigenvalue weighted by atomic mass is 10.2. The highest BCUT2D eigenvalue weighted by Gasteiger charge is 2.06. The summed E-state index contributed by atoms with van der Waals surface area (Å²) in [5.74, 6) is 0.681. The third kappa shape index (κ3) is 1.85. The van der Waals surface area contributed by atoms with E-state index in [1.54, 1.807) is 18.2 Å². The smallest absolute Gasteiger partial charge is 0.151 e. The molecule has 3 heterocycles. The van der Waals surface area contributed by atoms with E-state index >= 15 is 0 Å². The number of fused-ring (bicyclic) bond motifs is 1. The maximum absolute atomic E-state index is 10.7. The number of aldehydes is 1. The van der Waals surface area contributed by atoms with Gasteiger partial charge in [-0.2, -0.15) is 5.26 Å². The van der Waals surface area contributed by atoms with Crippen molar-refractivity contribution in [2.24, 2.45) is 0 Å². The lowest BCUT2D eigenvalue weighted by Crippen LogP contribution is -1.97. The molecule has 5 nitrogen and oxygen atoms in total. The van der Waals surface area contributed by atoms with Gasteiger partial charge in [-0.3, -0.25) is 9.36 Å². The molecule has 19 heavy (non-hydrogen) atoms. The first-order valence-electron chi connectivity index (χ1n) is 5.60. The molecule has 0 saturated heterocycles. The van der Waals surface area contributed by atoms with Gasteiger partial charge in [0.15, 0.2) is 6.29 Å². The summed E-state index contributed by atoms with van der Waals surface area (Å²) in [6.07, 6.45) is 5.64. The zero-order chi connectivity index (χ0) is 13.2. The maximum Gasteiger partial charge on any atom is 0.151 e. The summed E-state index contributed by atoms with van der Waals surface area (Å²) in [5.41, 5.74) is 1.78. The number of aromatic nitrogens is 3. The van der Waals surface area contributed by atoms with Crippen LogP contribution in [-0.4, -0.2) is 20.8 Å². The number of carbonyl (C=O) groups excluding carboxylic acids is 1. The summed E-state index contributed by atoms with van der Waals surface area (Å²) in [7, 11) is 0. The first-order valence-corrected chi connectivity index (χ1v) is 5.60. The summed E-state index contributed by atoms with van der Waals surface area (Å²) < 4.78 is 1.81. The second-order valence-electron chi connectivity index (χ2n) is 4.00. The molecule has 90 valence electrons. The van der Waals surface area contributed by atoms with Crippen LogP contribution in [-0.2, 0) is 0 Å². The number of nitriles is 1. The number of rotatable bonds is 2. The monoisotopic (exact) mass is 248 g/mol. The first-order chi connectivity index (χ1) is 9.31. The van der Waals surface area contributed by atoms with E-state index in [1.807, 2.05) is 22.9 Å². The van der Waals surface area contributed by atoms with Gasteiger partial charge in [0.25, 0.3) is 0 Å². The standard InChI is InChI=1S/C14H8N4O/c15-6-10-1-2-13(16-7-10)18-4-3-12-5-11(9-19)8-17-14(12)18/h1-5,7-9H. The van der Waals surface area contributed by atoms with Gasteiger partial charge >= 0.3 is 0 Å². The van der Waals surface area contributed by atoms with Crippen LogP contribution in [0.25, 0.3) is 16.9 Å². The molecule has 0 aliphatic heterocycles. The Morgan fingerprint density at radius 1 is 1.21 bits per heavy atom. The van der Waals surface area contributed by atoms with Gasteiger partial charge in [-0.05, 0) is 24.3 Å². The number of pyridine rings is 2. The van der Waals surface area contributed by atoms with Gasteiger partial charge in [0.1, 0.15) is 17.5 Å². The Morgan fingerprint density at radius 3 is 2.79 bits per heavy atom. The van der Waals surface area contributed by atoms with E-state index in [1.165, 1.54) is 12.4 Å². The summed E-state index contributed by atoms with van der Waals surface area (Å²) in [5, 5.41) is 9.62. The highest BCUT2D eigenvalue weighted by atomic mass is 16.1. The summed E-state index contributed by atoms with van der Waals surface area (Å²) in [6, 6.07) is 9.13. The van der Waals surface area contributed by atoms with Crippen LogP contribution in [0.5, 0.6) is 0 Å². The van der Waals surface area contributed by atoms with E-state index in [2.05, 4.69) is 9.97 Å². The minimum atomic E-state index is 0.511. The van der Waals surface area contributed by atoms with Crippen molar-refractivity contribution in [1.29, 1.82) is 5.26 Å². The molecule has 0 aliphatic carbocycles. The van der Waals surface area contributed by atoms with Crippen LogP contribution in [0.15, 0.2) is 42.9 Å². The SMILES string of the molecule is N#Cc1ccc(-n2ccc3cc(C=O)cnc32)nc1. The van der Waals surface area contributed by atoms with Crippen molar-refractivity contribution in [3.8, 4) is 11.9 Å². The molecule has 0 amide bonds. The second-order valence-corrected chi connectivity index (χ2v) is 4.00. The molecule has 0 fully saturated rings. The highest BCUT2D eigenvalue weighted by molar-refractivity contribution is 5.85. The molecule has 0 aliphatic rings. The van der Waals surface area contributed by atoms with Crippen LogP contribution in [0.2, 0.25) is 0 Å². The minimum Gasteiger partial charge on any atom is -0.298 e. The Bertz CT molecular complexity index is 796. The molecule has 0 aromatic carbocycles. The van der Waals surface area contributed by atoms with Gasteiger partial charge in [0.05, 0.1) is 5.56 Å². The van der Waals surface area contributed by atoms with Crippen LogP contribution in [0, 0.1) is 11.3 Å². The fourth-order valence-electron chi connectivity index (χ4n) is 1.88. The van der Waals surface area contributed by atoms with E-state index in [4.69, 9.17) is 5.26 Å².